The third-order valence-corrected chi connectivity index (χ3v) is 5.36. The smallest absolute Gasteiger partial charge is 0.193 e. The molecule has 0 spiro atoms. The van der Waals surface area contributed by atoms with Crippen molar-refractivity contribution in [1.29, 1.82) is 0 Å². The van der Waals surface area contributed by atoms with Crippen LogP contribution in [0.4, 0.5) is 0 Å². The summed E-state index contributed by atoms with van der Waals surface area (Å²) in [6.07, 6.45) is 10.1. The maximum atomic E-state index is 5.37. The molecule has 3 rings (SSSR count). The van der Waals surface area contributed by atoms with E-state index in [1.165, 1.54) is 44.3 Å². The number of nitrogens with zero attached hydrogens (tertiary/aromatic N) is 2. The lowest BCUT2D eigenvalue weighted by Gasteiger charge is -2.22. The summed E-state index contributed by atoms with van der Waals surface area (Å²) in [4.78, 5) is 7.41. The summed E-state index contributed by atoms with van der Waals surface area (Å²) in [5.74, 6) is 2.97. The highest BCUT2D eigenvalue weighted by molar-refractivity contribution is 5.80. The van der Waals surface area contributed by atoms with Crippen molar-refractivity contribution >= 4 is 5.96 Å². The van der Waals surface area contributed by atoms with Gasteiger partial charge in [-0.1, -0.05) is 24.5 Å². The van der Waals surface area contributed by atoms with E-state index in [-0.39, 0.29) is 0 Å². The Bertz CT molecular complexity index is 405. The Balaban J connectivity index is 1.54. The molecule has 1 N–H and O–H groups in total. The van der Waals surface area contributed by atoms with Crippen LogP contribution in [0.15, 0.2) is 16.6 Å². The molecule has 0 aromatic heterocycles. The maximum Gasteiger partial charge on any atom is 0.193 e. The number of guanidine groups is 1. The second-order valence-corrected chi connectivity index (χ2v) is 6.88. The van der Waals surface area contributed by atoms with Crippen LogP contribution in [-0.4, -0.2) is 50.3 Å². The molecule has 1 saturated heterocycles. The first-order valence-electron chi connectivity index (χ1n) is 9.15. The number of hydrogen-bond acceptors (Lipinski definition) is 2. The minimum Gasteiger partial charge on any atom is -0.377 e. The number of likely N-dealkylation sites (tertiary alicyclic amines) is 1. The van der Waals surface area contributed by atoms with Gasteiger partial charge in [0.25, 0.3) is 0 Å². The van der Waals surface area contributed by atoms with E-state index in [1.807, 2.05) is 0 Å². The molecule has 0 amide bonds. The van der Waals surface area contributed by atoms with E-state index >= 15 is 0 Å². The summed E-state index contributed by atoms with van der Waals surface area (Å²) < 4.78 is 5.37. The Hall–Kier alpha value is -1.03. The van der Waals surface area contributed by atoms with Gasteiger partial charge < -0.3 is 15.0 Å². The summed E-state index contributed by atoms with van der Waals surface area (Å²) in [6.45, 7) is 8.13. The quantitative estimate of drug-likeness (QED) is 0.493. The highest BCUT2D eigenvalue weighted by Crippen LogP contribution is 2.35. The number of rotatable bonds is 4. The molecule has 4 nitrogen and oxygen atoms in total. The summed E-state index contributed by atoms with van der Waals surface area (Å²) >= 11 is 0. The van der Waals surface area contributed by atoms with Crippen molar-refractivity contribution in [1.82, 2.24) is 10.2 Å². The van der Waals surface area contributed by atoms with Crippen LogP contribution in [0.1, 0.15) is 45.4 Å². The molecule has 3 aliphatic rings. The zero-order valence-electron chi connectivity index (χ0n) is 14.0. The number of hydrogen-bond donors (Lipinski definition) is 1. The van der Waals surface area contributed by atoms with Gasteiger partial charge in [-0.25, -0.2) is 0 Å². The SMILES string of the molecule is CCNC(=NCCC1=CCOCC1)N1CC2CCCCC2C1. The minimum atomic E-state index is 0.786. The molecule has 1 aliphatic carbocycles. The first-order chi connectivity index (χ1) is 10.9. The Morgan fingerprint density at radius 2 is 2.09 bits per heavy atom. The monoisotopic (exact) mass is 305 g/mol. The van der Waals surface area contributed by atoms with E-state index in [4.69, 9.17) is 9.73 Å². The number of ether oxygens (including phenoxy) is 1. The van der Waals surface area contributed by atoms with Gasteiger partial charge in [0.2, 0.25) is 0 Å². The molecular weight excluding hydrogens is 274 g/mol. The first kappa shape index (κ1) is 15.9. The summed E-state index contributed by atoms with van der Waals surface area (Å²) in [6, 6.07) is 0. The number of fused-ring (bicyclic) bond motifs is 1. The van der Waals surface area contributed by atoms with Crippen LogP contribution in [0, 0.1) is 11.8 Å². The predicted octanol–water partition coefficient (Wildman–Crippen LogP) is 2.81. The lowest BCUT2D eigenvalue weighted by atomic mass is 9.82. The third-order valence-electron chi connectivity index (χ3n) is 5.36. The molecule has 2 fully saturated rings. The molecule has 4 heteroatoms. The van der Waals surface area contributed by atoms with E-state index < -0.39 is 0 Å². The van der Waals surface area contributed by atoms with Crippen molar-refractivity contribution in [2.75, 3.05) is 39.4 Å². The van der Waals surface area contributed by atoms with Crippen LogP contribution in [0.5, 0.6) is 0 Å². The molecule has 0 radical (unpaired) electrons. The van der Waals surface area contributed by atoms with Gasteiger partial charge in [-0.2, -0.15) is 0 Å². The van der Waals surface area contributed by atoms with Crippen LogP contribution in [0.2, 0.25) is 0 Å². The van der Waals surface area contributed by atoms with Gasteiger partial charge in [0.1, 0.15) is 0 Å². The van der Waals surface area contributed by atoms with Crippen molar-refractivity contribution in [3.8, 4) is 0 Å². The van der Waals surface area contributed by atoms with Crippen molar-refractivity contribution in [3.05, 3.63) is 11.6 Å². The number of aliphatic imine (C=N–C) groups is 1. The van der Waals surface area contributed by atoms with E-state index in [9.17, 15) is 0 Å². The normalized spacial score (nSPS) is 29.2. The molecular formula is C18H31N3O. The predicted molar refractivity (Wildman–Crippen MR) is 91.1 cm³/mol. The second-order valence-electron chi connectivity index (χ2n) is 6.88. The molecule has 124 valence electrons. The summed E-state index contributed by atoms with van der Waals surface area (Å²) in [5, 5.41) is 3.50. The van der Waals surface area contributed by atoms with E-state index in [2.05, 4.69) is 23.2 Å². The molecule has 2 aliphatic heterocycles. The van der Waals surface area contributed by atoms with Gasteiger partial charge in [-0.3, -0.25) is 4.99 Å². The lowest BCUT2D eigenvalue weighted by Crippen LogP contribution is -2.40. The van der Waals surface area contributed by atoms with E-state index in [0.29, 0.717) is 0 Å². The van der Waals surface area contributed by atoms with Crippen LogP contribution < -0.4 is 5.32 Å². The topological polar surface area (TPSA) is 36.9 Å². The fourth-order valence-electron chi connectivity index (χ4n) is 4.10. The Kier molecular flexibility index (Phi) is 5.76. The van der Waals surface area contributed by atoms with Gasteiger partial charge >= 0.3 is 0 Å². The van der Waals surface area contributed by atoms with Crippen molar-refractivity contribution < 1.29 is 4.74 Å². The highest BCUT2D eigenvalue weighted by Gasteiger charge is 2.35. The largest absolute Gasteiger partial charge is 0.377 e. The van der Waals surface area contributed by atoms with Gasteiger partial charge in [0.05, 0.1) is 13.2 Å². The van der Waals surface area contributed by atoms with Crippen LogP contribution in [0.3, 0.4) is 0 Å². The zero-order chi connectivity index (χ0) is 15.2. The fourth-order valence-corrected chi connectivity index (χ4v) is 4.10. The van der Waals surface area contributed by atoms with Gasteiger partial charge in [-0.05, 0) is 44.4 Å². The highest BCUT2D eigenvalue weighted by atomic mass is 16.5. The molecule has 0 bridgehead atoms. The standard InChI is InChI=1S/C18H31N3O/c1-2-19-18(20-10-7-15-8-11-22-12-9-15)21-13-16-5-3-4-6-17(16)14-21/h8,16-17H,2-7,9-14H2,1H3,(H,19,20). The summed E-state index contributed by atoms with van der Waals surface area (Å²) in [5.41, 5.74) is 1.51. The Morgan fingerprint density at radius 1 is 1.32 bits per heavy atom. The minimum absolute atomic E-state index is 0.786. The molecule has 2 unspecified atom stereocenters. The molecule has 1 saturated carbocycles. The van der Waals surface area contributed by atoms with Gasteiger partial charge in [0.15, 0.2) is 5.96 Å². The molecule has 2 atom stereocenters. The Morgan fingerprint density at radius 3 is 2.73 bits per heavy atom. The van der Waals surface area contributed by atoms with Crippen LogP contribution >= 0.6 is 0 Å². The zero-order valence-corrected chi connectivity index (χ0v) is 14.0. The fraction of sp³-hybridized carbons (Fsp3) is 0.833. The Labute approximate surface area is 135 Å². The molecule has 2 heterocycles. The average molecular weight is 305 g/mol. The van der Waals surface area contributed by atoms with Crippen LogP contribution in [0.25, 0.3) is 0 Å². The van der Waals surface area contributed by atoms with Gasteiger partial charge in [-0.15, -0.1) is 0 Å². The average Bonchev–Trinajstić information content (AvgIpc) is 2.99. The lowest BCUT2D eigenvalue weighted by molar-refractivity contribution is 0.153. The maximum absolute atomic E-state index is 5.37. The van der Waals surface area contributed by atoms with Crippen molar-refractivity contribution in [2.24, 2.45) is 16.8 Å². The molecule has 0 aromatic carbocycles. The molecule has 0 aromatic rings. The third kappa shape index (κ3) is 4.03. The van der Waals surface area contributed by atoms with E-state index in [1.54, 1.807) is 0 Å². The first-order valence-corrected chi connectivity index (χ1v) is 9.15. The van der Waals surface area contributed by atoms with Crippen molar-refractivity contribution in [3.63, 3.8) is 0 Å². The molecule has 22 heavy (non-hydrogen) atoms. The number of nitrogens with one attached hydrogen (secondary N) is 1. The van der Waals surface area contributed by atoms with Gasteiger partial charge in [0, 0.05) is 26.2 Å². The summed E-state index contributed by atoms with van der Waals surface area (Å²) in [7, 11) is 0. The van der Waals surface area contributed by atoms with Crippen LogP contribution in [-0.2, 0) is 4.74 Å². The van der Waals surface area contributed by atoms with E-state index in [0.717, 1.165) is 56.9 Å². The van der Waals surface area contributed by atoms with Crippen molar-refractivity contribution in [2.45, 2.75) is 45.4 Å². The second kappa shape index (κ2) is 8.00.